The van der Waals surface area contributed by atoms with Gasteiger partial charge in [0.15, 0.2) is 0 Å². The first-order chi connectivity index (χ1) is 5.74. The second-order valence-electron chi connectivity index (χ2n) is 2.61. The van der Waals surface area contributed by atoms with E-state index in [0.29, 0.717) is 19.4 Å². The van der Waals surface area contributed by atoms with Crippen LogP contribution in [0.2, 0.25) is 0 Å². The Labute approximate surface area is 73.7 Å². The van der Waals surface area contributed by atoms with E-state index >= 15 is 0 Å². The molecule has 0 heterocycles. The van der Waals surface area contributed by atoms with Crippen LogP contribution in [0.25, 0.3) is 0 Å². The normalized spacial score (nSPS) is 11.8. The molecule has 68 valence electrons. The van der Waals surface area contributed by atoms with E-state index in [4.69, 9.17) is 12.2 Å². The van der Waals surface area contributed by atoms with E-state index in [1.54, 1.807) is 0 Å². The summed E-state index contributed by atoms with van der Waals surface area (Å²) in [5, 5.41) is 2.79. The standard InChI is InChI=1S/C9H16N2O/c1-3-5-6-9(12)11-8(4-2)7-10/h1,8H,4-7,10H2,2H3,(H,11,12). The van der Waals surface area contributed by atoms with Gasteiger partial charge in [0.1, 0.15) is 0 Å². The topological polar surface area (TPSA) is 55.1 Å². The minimum absolute atomic E-state index is 0.00903. The monoisotopic (exact) mass is 168 g/mol. The zero-order valence-corrected chi connectivity index (χ0v) is 7.47. The number of hydrogen-bond donors (Lipinski definition) is 2. The quantitative estimate of drug-likeness (QED) is 0.578. The molecule has 1 unspecified atom stereocenters. The average Bonchev–Trinajstić information content (AvgIpc) is 2.10. The van der Waals surface area contributed by atoms with Gasteiger partial charge in [-0.25, -0.2) is 0 Å². The van der Waals surface area contributed by atoms with Crippen LogP contribution in [-0.4, -0.2) is 18.5 Å². The minimum Gasteiger partial charge on any atom is -0.352 e. The first kappa shape index (κ1) is 11.0. The number of nitrogens with two attached hydrogens (primary N) is 1. The average molecular weight is 168 g/mol. The van der Waals surface area contributed by atoms with Gasteiger partial charge in [-0.15, -0.1) is 12.3 Å². The van der Waals surface area contributed by atoms with Gasteiger partial charge >= 0.3 is 0 Å². The lowest BCUT2D eigenvalue weighted by Crippen LogP contribution is -2.39. The summed E-state index contributed by atoms with van der Waals surface area (Å²) in [5.41, 5.74) is 5.41. The fourth-order valence-electron chi connectivity index (χ4n) is 0.813. The summed E-state index contributed by atoms with van der Waals surface area (Å²) in [6.45, 7) is 2.47. The maximum atomic E-state index is 11.1. The number of nitrogens with one attached hydrogen (secondary N) is 1. The Morgan fingerprint density at radius 1 is 1.75 bits per heavy atom. The van der Waals surface area contributed by atoms with Crippen molar-refractivity contribution in [3.8, 4) is 12.3 Å². The molecule has 1 amide bonds. The van der Waals surface area contributed by atoms with Crippen LogP contribution in [0.4, 0.5) is 0 Å². The van der Waals surface area contributed by atoms with Crippen molar-refractivity contribution in [1.29, 1.82) is 0 Å². The van der Waals surface area contributed by atoms with Crippen molar-refractivity contribution in [2.45, 2.75) is 32.2 Å². The molecule has 0 bridgehead atoms. The number of carbonyl (C=O) groups is 1. The lowest BCUT2D eigenvalue weighted by Gasteiger charge is -2.13. The lowest BCUT2D eigenvalue weighted by atomic mass is 10.2. The molecule has 0 rings (SSSR count). The Bertz CT molecular complexity index is 168. The van der Waals surface area contributed by atoms with E-state index in [9.17, 15) is 4.79 Å². The van der Waals surface area contributed by atoms with Gasteiger partial charge in [0.05, 0.1) is 0 Å². The molecule has 0 aliphatic heterocycles. The Morgan fingerprint density at radius 2 is 2.42 bits per heavy atom. The molecule has 3 heteroatoms. The van der Waals surface area contributed by atoms with E-state index in [0.717, 1.165) is 6.42 Å². The predicted molar refractivity (Wildman–Crippen MR) is 49.3 cm³/mol. The van der Waals surface area contributed by atoms with Crippen LogP contribution in [-0.2, 0) is 4.79 Å². The molecule has 3 N–H and O–H groups in total. The Hall–Kier alpha value is -1.01. The number of rotatable bonds is 5. The van der Waals surface area contributed by atoms with Gasteiger partial charge in [-0.3, -0.25) is 4.79 Å². The molecule has 0 aromatic rings. The molecule has 0 fully saturated rings. The number of hydrogen-bond acceptors (Lipinski definition) is 2. The molecule has 3 nitrogen and oxygen atoms in total. The molecule has 0 aliphatic rings. The molecule has 0 radical (unpaired) electrons. The maximum absolute atomic E-state index is 11.1. The summed E-state index contributed by atoms with van der Waals surface area (Å²) in [6.07, 6.45) is 6.77. The second-order valence-corrected chi connectivity index (χ2v) is 2.61. The predicted octanol–water partition coefficient (Wildman–Crippen LogP) is 0.253. The SMILES string of the molecule is C#CCCC(=O)NC(CC)CN. The van der Waals surface area contributed by atoms with Gasteiger partial charge in [-0.1, -0.05) is 6.92 Å². The molecular formula is C9H16N2O. The van der Waals surface area contributed by atoms with Crippen molar-refractivity contribution < 1.29 is 4.79 Å². The third kappa shape index (κ3) is 4.75. The molecule has 0 saturated carbocycles. The fourth-order valence-corrected chi connectivity index (χ4v) is 0.813. The van der Waals surface area contributed by atoms with Crippen molar-refractivity contribution in [1.82, 2.24) is 5.32 Å². The molecule has 0 saturated heterocycles. The fraction of sp³-hybridized carbons (Fsp3) is 0.667. The van der Waals surface area contributed by atoms with E-state index in [-0.39, 0.29) is 11.9 Å². The third-order valence-electron chi connectivity index (χ3n) is 1.64. The van der Waals surface area contributed by atoms with Crippen molar-refractivity contribution >= 4 is 5.91 Å². The molecule has 0 aromatic heterocycles. The Balaban J connectivity index is 3.60. The van der Waals surface area contributed by atoms with Gasteiger partial charge < -0.3 is 11.1 Å². The van der Waals surface area contributed by atoms with E-state index < -0.39 is 0 Å². The van der Waals surface area contributed by atoms with Gasteiger partial charge in [-0.2, -0.15) is 0 Å². The first-order valence-corrected chi connectivity index (χ1v) is 4.17. The Morgan fingerprint density at radius 3 is 2.83 bits per heavy atom. The smallest absolute Gasteiger partial charge is 0.221 e. The lowest BCUT2D eigenvalue weighted by molar-refractivity contribution is -0.121. The van der Waals surface area contributed by atoms with Gasteiger partial charge in [0.25, 0.3) is 0 Å². The van der Waals surface area contributed by atoms with Crippen LogP contribution in [0.1, 0.15) is 26.2 Å². The third-order valence-corrected chi connectivity index (χ3v) is 1.64. The van der Waals surface area contributed by atoms with Crippen molar-refractivity contribution in [3.05, 3.63) is 0 Å². The highest BCUT2D eigenvalue weighted by Crippen LogP contribution is 1.91. The van der Waals surface area contributed by atoms with Crippen molar-refractivity contribution in [2.24, 2.45) is 5.73 Å². The molecule has 12 heavy (non-hydrogen) atoms. The van der Waals surface area contributed by atoms with E-state index in [2.05, 4.69) is 11.2 Å². The highest BCUT2D eigenvalue weighted by molar-refractivity contribution is 5.76. The van der Waals surface area contributed by atoms with Crippen LogP contribution in [0.5, 0.6) is 0 Å². The zero-order chi connectivity index (χ0) is 9.40. The highest BCUT2D eigenvalue weighted by atomic mass is 16.1. The van der Waals surface area contributed by atoms with E-state index in [1.807, 2.05) is 6.92 Å². The number of terminal acetylenes is 1. The Kier molecular flexibility index (Phi) is 6.12. The highest BCUT2D eigenvalue weighted by Gasteiger charge is 2.06. The zero-order valence-electron chi connectivity index (χ0n) is 7.47. The van der Waals surface area contributed by atoms with Gasteiger partial charge in [0, 0.05) is 25.4 Å². The number of carbonyl (C=O) groups excluding carboxylic acids is 1. The van der Waals surface area contributed by atoms with Crippen molar-refractivity contribution in [3.63, 3.8) is 0 Å². The maximum Gasteiger partial charge on any atom is 0.221 e. The van der Waals surface area contributed by atoms with Crippen molar-refractivity contribution in [2.75, 3.05) is 6.54 Å². The summed E-state index contributed by atoms with van der Waals surface area (Å²) < 4.78 is 0. The second kappa shape index (κ2) is 6.68. The van der Waals surface area contributed by atoms with Crippen LogP contribution in [0, 0.1) is 12.3 Å². The summed E-state index contributed by atoms with van der Waals surface area (Å²) in [4.78, 5) is 11.1. The van der Waals surface area contributed by atoms with Crippen LogP contribution in [0.15, 0.2) is 0 Å². The summed E-state index contributed by atoms with van der Waals surface area (Å²) in [7, 11) is 0. The molecular weight excluding hydrogens is 152 g/mol. The number of amides is 1. The molecule has 0 aliphatic carbocycles. The summed E-state index contributed by atoms with van der Waals surface area (Å²) >= 11 is 0. The minimum atomic E-state index is -0.00903. The van der Waals surface area contributed by atoms with Crippen LogP contribution in [0.3, 0.4) is 0 Å². The summed E-state index contributed by atoms with van der Waals surface area (Å²) in [5.74, 6) is 2.41. The molecule has 0 aromatic carbocycles. The van der Waals surface area contributed by atoms with Crippen LogP contribution >= 0.6 is 0 Å². The molecule has 1 atom stereocenters. The molecule has 0 spiro atoms. The first-order valence-electron chi connectivity index (χ1n) is 4.17. The van der Waals surface area contributed by atoms with Crippen LogP contribution < -0.4 is 11.1 Å². The van der Waals surface area contributed by atoms with Gasteiger partial charge in [0.2, 0.25) is 5.91 Å². The van der Waals surface area contributed by atoms with E-state index in [1.165, 1.54) is 0 Å². The largest absolute Gasteiger partial charge is 0.352 e. The van der Waals surface area contributed by atoms with Gasteiger partial charge in [-0.05, 0) is 6.42 Å². The summed E-state index contributed by atoms with van der Waals surface area (Å²) in [6, 6.07) is 0.0928.